The molecule has 0 bridgehead atoms. The predicted molar refractivity (Wildman–Crippen MR) is 71.0 cm³/mol. The summed E-state index contributed by atoms with van der Waals surface area (Å²) < 4.78 is 4.74. The van der Waals surface area contributed by atoms with Crippen molar-refractivity contribution in [1.29, 1.82) is 0 Å². The van der Waals surface area contributed by atoms with Crippen LogP contribution in [0.15, 0.2) is 18.3 Å². The van der Waals surface area contributed by atoms with Gasteiger partial charge in [0.2, 0.25) is 5.95 Å². The Balaban J connectivity index is 2.42. The molecule has 2 heterocycles. The quantitative estimate of drug-likeness (QED) is 0.861. The highest BCUT2D eigenvalue weighted by Gasteiger charge is 2.15. The van der Waals surface area contributed by atoms with E-state index < -0.39 is 0 Å². The molecule has 0 spiro atoms. The second-order valence-corrected chi connectivity index (χ2v) is 4.68. The van der Waals surface area contributed by atoms with E-state index >= 15 is 0 Å². The summed E-state index contributed by atoms with van der Waals surface area (Å²) >= 11 is 1.37. The number of hydrogen-bond acceptors (Lipinski definition) is 6. The molecule has 0 fully saturated rings. The van der Waals surface area contributed by atoms with Gasteiger partial charge in [0.05, 0.1) is 17.7 Å². The number of anilines is 1. The molecule has 0 aromatic carbocycles. The third kappa shape index (κ3) is 2.33. The molecule has 0 amide bonds. The van der Waals surface area contributed by atoms with Crippen molar-refractivity contribution in [2.75, 3.05) is 19.5 Å². The number of carbonyl (C=O) groups excluding carboxylic acids is 1. The molecule has 94 valence electrons. The molecule has 0 aliphatic heterocycles. The average molecular weight is 263 g/mol. The first-order valence-electron chi connectivity index (χ1n) is 5.35. The highest BCUT2D eigenvalue weighted by molar-refractivity contribution is 7.17. The number of carbonyl (C=O) groups is 1. The van der Waals surface area contributed by atoms with Gasteiger partial charge in [-0.3, -0.25) is 0 Å². The largest absolute Gasteiger partial charge is 0.465 e. The zero-order chi connectivity index (χ0) is 13.1. The molecule has 0 aliphatic rings. The number of thiophene rings is 1. The third-order valence-electron chi connectivity index (χ3n) is 2.42. The first-order chi connectivity index (χ1) is 8.65. The van der Waals surface area contributed by atoms with E-state index in [1.54, 1.807) is 13.2 Å². The van der Waals surface area contributed by atoms with Gasteiger partial charge in [0.1, 0.15) is 4.88 Å². The van der Waals surface area contributed by atoms with Gasteiger partial charge >= 0.3 is 5.97 Å². The molecule has 0 radical (unpaired) electrons. The van der Waals surface area contributed by atoms with Crippen LogP contribution in [0.1, 0.15) is 15.2 Å². The van der Waals surface area contributed by atoms with Gasteiger partial charge in [0.15, 0.2) is 0 Å². The molecule has 2 aromatic rings. The van der Waals surface area contributed by atoms with E-state index in [1.807, 2.05) is 19.1 Å². The van der Waals surface area contributed by atoms with Crippen LogP contribution in [0.2, 0.25) is 0 Å². The minimum Gasteiger partial charge on any atom is -0.465 e. The summed E-state index contributed by atoms with van der Waals surface area (Å²) in [7, 11) is 3.14. The molecule has 18 heavy (non-hydrogen) atoms. The van der Waals surface area contributed by atoms with Gasteiger partial charge in [0, 0.05) is 13.2 Å². The van der Waals surface area contributed by atoms with Gasteiger partial charge in [-0.2, -0.15) is 0 Å². The highest BCUT2D eigenvalue weighted by Crippen LogP contribution is 2.30. The number of ether oxygens (including phenoxy) is 1. The molecule has 0 saturated carbocycles. The first kappa shape index (κ1) is 12.5. The normalized spacial score (nSPS) is 10.2. The lowest BCUT2D eigenvalue weighted by atomic mass is 10.2. The Hall–Kier alpha value is -1.95. The van der Waals surface area contributed by atoms with Crippen LogP contribution >= 0.6 is 11.3 Å². The van der Waals surface area contributed by atoms with Crippen LogP contribution in [-0.4, -0.2) is 30.1 Å². The van der Waals surface area contributed by atoms with Crippen molar-refractivity contribution in [3.63, 3.8) is 0 Å². The fraction of sp³-hybridized carbons (Fsp3) is 0.250. The van der Waals surface area contributed by atoms with Crippen molar-refractivity contribution >= 4 is 23.3 Å². The Morgan fingerprint density at radius 1 is 1.50 bits per heavy atom. The summed E-state index contributed by atoms with van der Waals surface area (Å²) in [4.78, 5) is 21.5. The lowest BCUT2D eigenvalue weighted by Gasteiger charge is -2.00. The summed E-state index contributed by atoms with van der Waals surface area (Å²) in [6.07, 6.45) is 1.68. The van der Waals surface area contributed by atoms with Crippen LogP contribution in [0, 0.1) is 6.92 Å². The zero-order valence-electron chi connectivity index (χ0n) is 10.4. The van der Waals surface area contributed by atoms with Crippen molar-refractivity contribution in [3.05, 3.63) is 28.8 Å². The van der Waals surface area contributed by atoms with Crippen LogP contribution in [0.25, 0.3) is 10.6 Å². The summed E-state index contributed by atoms with van der Waals surface area (Å²) in [5.74, 6) is 0.241. The first-order valence-corrected chi connectivity index (χ1v) is 6.17. The Morgan fingerprint density at radius 3 is 2.94 bits per heavy atom. The number of rotatable bonds is 3. The number of methoxy groups -OCH3 is 1. The molecule has 0 unspecified atom stereocenters. The van der Waals surface area contributed by atoms with E-state index in [-0.39, 0.29) is 5.97 Å². The second kappa shape index (κ2) is 5.14. The third-order valence-corrected chi connectivity index (χ3v) is 3.66. The Labute approximate surface area is 109 Å². The summed E-state index contributed by atoms with van der Waals surface area (Å²) in [6.45, 7) is 1.88. The van der Waals surface area contributed by atoms with E-state index in [0.29, 0.717) is 10.8 Å². The van der Waals surface area contributed by atoms with E-state index in [9.17, 15) is 4.79 Å². The maximum absolute atomic E-state index is 11.5. The predicted octanol–water partition coefficient (Wildman–Crippen LogP) is 2.34. The monoisotopic (exact) mass is 263 g/mol. The average Bonchev–Trinajstić information content (AvgIpc) is 2.80. The Bertz CT molecular complexity index is 580. The fourth-order valence-electron chi connectivity index (χ4n) is 1.52. The van der Waals surface area contributed by atoms with Gasteiger partial charge in [-0.15, -0.1) is 11.3 Å². The highest BCUT2D eigenvalue weighted by atomic mass is 32.1. The van der Waals surface area contributed by atoms with E-state index in [4.69, 9.17) is 4.74 Å². The minimum atomic E-state index is -0.313. The fourth-order valence-corrected chi connectivity index (χ4v) is 2.58. The molecule has 0 aliphatic carbocycles. The summed E-state index contributed by atoms with van der Waals surface area (Å²) in [5, 5.41) is 2.88. The Kier molecular flexibility index (Phi) is 3.57. The number of esters is 1. The van der Waals surface area contributed by atoms with Gasteiger partial charge in [-0.05, 0) is 24.6 Å². The number of nitrogens with zero attached hydrogens (tertiary/aromatic N) is 2. The second-order valence-electron chi connectivity index (χ2n) is 3.63. The lowest BCUT2D eigenvalue weighted by Crippen LogP contribution is -1.99. The molecular weight excluding hydrogens is 250 g/mol. The molecular formula is C12H13N3O2S. The smallest absolute Gasteiger partial charge is 0.348 e. The molecule has 1 N–H and O–H groups in total. The SMILES string of the molecule is CNc1nccc(-c2cc(C)c(C(=O)OC)s2)n1. The van der Waals surface area contributed by atoms with E-state index in [1.165, 1.54) is 18.4 Å². The topological polar surface area (TPSA) is 64.1 Å². The number of hydrogen-bond donors (Lipinski definition) is 1. The molecule has 0 atom stereocenters. The van der Waals surface area contributed by atoms with Gasteiger partial charge in [0.25, 0.3) is 0 Å². The molecule has 6 heteroatoms. The maximum atomic E-state index is 11.5. The molecule has 0 saturated heterocycles. The molecule has 2 aromatic heterocycles. The van der Waals surface area contributed by atoms with Crippen LogP contribution in [0.3, 0.4) is 0 Å². The van der Waals surface area contributed by atoms with Crippen LogP contribution in [0.4, 0.5) is 5.95 Å². The van der Waals surface area contributed by atoms with Gasteiger partial charge in [-0.1, -0.05) is 0 Å². The standard InChI is InChI=1S/C12H13N3O2S/c1-7-6-9(18-10(7)11(16)17-3)8-4-5-14-12(13-2)15-8/h4-6H,1-3H3,(H,13,14,15). The van der Waals surface area contributed by atoms with Crippen LogP contribution in [0.5, 0.6) is 0 Å². The van der Waals surface area contributed by atoms with Crippen LogP contribution in [-0.2, 0) is 4.74 Å². The molecule has 5 nitrogen and oxygen atoms in total. The summed E-state index contributed by atoms with van der Waals surface area (Å²) in [6, 6.07) is 3.74. The number of aryl methyl sites for hydroxylation is 1. The van der Waals surface area contributed by atoms with Crippen molar-refractivity contribution in [2.45, 2.75) is 6.92 Å². The number of nitrogens with one attached hydrogen (secondary N) is 1. The van der Waals surface area contributed by atoms with Gasteiger partial charge in [-0.25, -0.2) is 14.8 Å². The maximum Gasteiger partial charge on any atom is 0.348 e. The summed E-state index contributed by atoms with van der Waals surface area (Å²) in [5.41, 5.74) is 1.68. The molecule has 2 rings (SSSR count). The number of aromatic nitrogens is 2. The zero-order valence-corrected chi connectivity index (χ0v) is 11.2. The van der Waals surface area contributed by atoms with Crippen molar-refractivity contribution in [3.8, 4) is 10.6 Å². The lowest BCUT2D eigenvalue weighted by molar-refractivity contribution is 0.0605. The van der Waals surface area contributed by atoms with Crippen molar-refractivity contribution in [1.82, 2.24) is 9.97 Å². The van der Waals surface area contributed by atoms with Crippen molar-refractivity contribution in [2.24, 2.45) is 0 Å². The van der Waals surface area contributed by atoms with Crippen LogP contribution < -0.4 is 5.32 Å². The van der Waals surface area contributed by atoms with E-state index in [2.05, 4.69) is 15.3 Å². The van der Waals surface area contributed by atoms with Gasteiger partial charge < -0.3 is 10.1 Å². The Morgan fingerprint density at radius 2 is 2.28 bits per heavy atom. The van der Waals surface area contributed by atoms with E-state index in [0.717, 1.165) is 16.1 Å². The van der Waals surface area contributed by atoms with Crippen molar-refractivity contribution < 1.29 is 9.53 Å². The minimum absolute atomic E-state index is 0.313.